The van der Waals surface area contributed by atoms with E-state index in [2.05, 4.69) is 73.1 Å². The molecule has 0 fully saturated rings. The zero-order chi connectivity index (χ0) is 65.0. The van der Waals surface area contributed by atoms with Crippen molar-refractivity contribution in [2.75, 3.05) is 52.4 Å². The van der Waals surface area contributed by atoms with Crippen LogP contribution in [0.1, 0.15) is 94.5 Å². The zero-order valence-corrected chi connectivity index (χ0v) is 48.5. The number of nitrogens with one attached hydrogen (secondary N) is 12. The van der Waals surface area contributed by atoms with E-state index in [1.54, 1.807) is 12.4 Å². The van der Waals surface area contributed by atoms with Gasteiger partial charge in [-0.15, -0.1) is 0 Å². The third-order valence-corrected chi connectivity index (χ3v) is 12.9. The number of carbonyl (C=O) groups excluding carboxylic acids is 11. The number of nitrogens with zero attached hydrogens (tertiary/aromatic N) is 3. The predicted molar refractivity (Wildman–Crippen MR) is 306 cm³/mol. The van der Waals surface area contributed by atoms with Crippen molar-refractivity contribution in [2.45, 2.75) is 127 Å². The van der Waals surface area contributed by atoms with E-state index in [0.29, 0.717) is 36.4 Å². The molecule has 0 spiro atoms. The number of benzene rings is 1. The largest absolute Gasteiger partial charge is 0.508 e. The molecular formula is C54H78N16O18. The second kappa shape index (κ2) is 39.6. The third kappa shape index (κ3) is 30.7. The van der Waals surface area contributed by atoms with Crippen LogP contribution in [0.25, 0.3) is 0 Å². The molecular weight excluding hydrogens is 1160 g/mol. The van der Waals surface area contributed by atoms with Crippen molar-refractivity contribution in [3.8, 4) is 5.75 Å². The molecule has 1 unspecified atom stereocenters. The van der Waals surface area contributed by atoms with Gasteiger partial charge in [0.1, 0.15) is 36.0 Å². The van der Waals surface area contributed by atoms with Crippen LogP contribution in [-0.2, 0) is 86.4 Å². The Hall–Kier alpha value is -10.0. The van der Waals surface area contributed by atoms with Crippen molar-refractivity contribution in [1.29, 1.82) is 0 Å². The molecule has 3 aromatic rings. The molecule has 3 rings (SSSR count). The summed E-state index contributed by atoms with van der Waals surface area (Å²) in [5.74, 6) is -13.0. The number of phenols is 1. The number of phenolic OH excluding ortho intramolecular Hbond substituents is 1. The molecule has 0 radical (unpaired) electrons. The van der Waals surface area contributed by atoms with Crippen molar-refractivity contribution >= 4 is 82.9 Å². The number of hydrogen-bond acceptors (Lipinski definition) is 18. The molecule has 2 aromatic heterocycles. The van der Waals surface area contributed by atoms with Crippen molar-refractivity contribution in [1.82, 2.24) is 78.0 Å². The number of amides is 11. The molecule has 0 saturated heterocycles. The first kappa shape index (κ1) is 72.2. The van der Waals surface area contributed by atoms with Gasteiger partial charge >= 0.3 is 17.9 Å². The number of carbonyl (C=O) groups is 14. The van der Waals surface area contributed by atoms with Crippen LogP contribution in [-0.4, -0.2) is 211 Å². The maximum absolute atomic E-state index is 14.3. The van der Waals surface area contributed by atoms with Crippen molar-refractivity contribution < 1.29 is 87.5 Å². The smallest absolute Gasteiger partial charge is 0.321 e. The van der Waals surface area contributed by atoms with Crippen LogP contribution >= 0.6 is 0 Å². The molecule has 0 saturated carbocycles. The number of aromatic amines is 2. The Kier molecular flexibility index (Phi) is 32.5. The van der Waals surface area contributed by atoms with Crippen LogP contribution in [0.5, 0.6) is 5.75 Å². The number of nitrogens with two attached hydrogens (primary N) is 1. The van der Waals surface area contributed by atoms with Gasteiger partial charge < -0.3 is 89.3 Å². The number of hydrogen-bond donors (Lipinski definition) is 17. The van der Waals surface area contributed by atoms with E-state index in [4.69, 9.17) is 5.73 Å². The van der Waals surface area contributed by atoms with Gasteiger partial charge in [0.05, 0.1) is 45.3 Å². The van der Waals surface area contributed by atoms with Gasteiger partial charge in [-0.25, -0.2) is 9.97 Å². The van der Waals surface area contributed by atoms with Crippen molar-refractivity contribution in [3.63, 3.8) is 0 Å². The lowest BCUT2D eigenvalue weighted by molar-refractivity contribution is -0.151. The summed E-state index contributed by atoms with van der Waals surface area (Å²) in [6, 6.07) is -2.30. The van der Waals surface area contributed by atoms with Crippen LogP contribution < -0.4 is 58.9 Å². The lowest BCUT2D eigenvalue weighted by Crippen LogP contribution is -2.58. The van der Waals surface area contributed by atoms with E-state index in [1.807, 2.05) is 0 Å². The highest BCUT2D eigenvalue weighted by Crippen LogP contribution is 2.14. The molecule has 34 heteroatoms. The van der Waals surface area contributed by atoms with Crippen LogP contribution in [0, 0.1) is 0 Å². The second-order valence-electron chi connectivity index (χ2n) is 20.1. The van der Waals surface area contributed by atoms with Gasteiger partial charge in [0, 0.05) is 94.9 Å². The molecule has 2 heterocycles. The minimum Gasteiger partial charge on any atom is -0.508 e. The van der Waals surface area contributed by atoms with Crippen molar-refractivity contribution in [2.24, 2.45) is 5.73 Å². The number of unbranched alkanes of at least 4 members (excludes halogenated alkanes) is 2. The molecule has 5 atom stereocenters. The van der Waals surface area contributed by atoms with Crippen LogP contribution in [0.15, 0.2) is 49.3 Å². The Bertz CT molecular complexity index is 2800. The summed E-state index contributed by atoms with van der Waals surface area (Å²) in [4.78, 5) is 191. The SMILES string of the molecule is C[C@@H](NC(=O)CC(C(=O)O)N(CC(=O)O)CC(=O)O)C(=O)N[C@H](CCCCNC(=O)CNC(=O)CCC(=O)NCCc1cnc[nH]1)C(=O)N[C@H](Cc1ccc(O)cc1)C(=O)N[C@H](CCCCNC(=O)CNC(=O)CCC(=O)NCCc1cnc[nH]1)C(N)=O. The van der Waals surface area contributed by atoms with Gasteiger partial charge in [0.2, 0.25) is 65.0 Å². The Morgan fingerprint density at radius 3 is 1.40 bits per heavy atom. The number of primary amides is 1. The van der Waals surface area contributed by atoms with Gasteiger partial charge in [0.15, 0.2) is 0 Å². The van der Waals surface area contributed by atoms with E-state index < -0.39 is 127 Å². The fourth-order valence-corrected chi connectivity index (χ4v) is 8.22. The van der Waals surface area contributed by atoms with Crippen LogP contribution in [0.2, 0.25) is 0 Å². The van der Waals surface area contributed by atoms with E-state index in [9.17, 15) is 87.5 Å². The molecule has 0 aliphatic rings. The minimum atomic E-state index is -1.96. The standard InChI is InChI=1S/C54H78N16O18/c1-32(66-45(76)23-40(54(87)88)70(28-48(79)80)29-49(81)82)51(84)68-38(7-3-5-19-59-47(78)27-63-44(75)15-13-42(73)61-21-17-35-25-57-31-65-35)52(85)69-39(22-33-8-10-36(71)11-9-33)53(86)67-37(50(55)83)6-2-4-18-58-46(77)26-62-43(74)14-12-41(72)60-20-16-34-24-56-30-64-34/h8-11,24-25,30-32,37-40,71H,2-7,12-23,26-29H2,1H3,(H2,55,83)(H,56,64)(H,57,65)(H,58,77)(H,59,78)(H,60,72)(H,61,73)(H,62,74)(H,63,75)(H,66,76)(H,67,86)(H,68,84)(H,69,85)(H,79,80)(H,81,82)(H,87,88)/t32-,37-,38-,39-,40?/m1/s1. The third-order valence-electron chi connectivity index (χ3n) is 12.9. The average Bonchev–Trinajstić information content (AvgIpc) is 4.40. The lowest BCUT2D eigenvalue weighted by Gasteiger charge is -2.27. The highest BCUT2D eigenvalue weighted by molar-refractivity contribution is 5.96. The minimum absolute atomic E-state index is 0.00354. The Labute approximate surface area is 504 Å². The molecule has 0 aliphatic heterocycles. The fraction of sp³-hybridized carbons (Fsp3) is 0.519. The monoisotopic (exact) mass is 1240 g/mol. The van der Waals surface area contributed by atoms with E-state index >= 15 is 0 Å². The summed E-state index contributed by atoms with van der Waals surface area (Å²) in [5, 5.41) is 63.5. The summed E-state index contributed by atoms with van der Waals surface area (Å²) in [6.45, 7) is -1.04. The highest BCUT2D eigenvalue weighted by atomic mass is 16.4. The van der Waals surface area contributed by atoms with E-state index in [0.717, 1.165) is 18.3 Å². The van der Waals surface area contributed by atoms with Crippen molar-refractivity contribution in [3.05, 3.63) is 66.3 Å². The Morgan fingerprint density at radius 1 is 0.523 bits per heavy atom. The van der Waals surface area contributed by atoms with E-state index in [-0.39, 0.29) is 108 Å². The first-order valence-electron chi connectivity index (χ1n) is 28.1. The molecule has 0 aliphatic carbocycles. The summed E-state index contributed by atoms with van der Waals surface area (Å²) >= 11 is 0. The first-order chi connectivity index (χ1) is 41.9. The lowest BCUT2D eigenvalue weighted by atomic mass is 10.0. The molecule has 0 bridgehead atoms. The number of carboxylic acid groups (broad SMARTS) is 3. The number of H-pyrrole nitrogens is 2. The Morgan fingerprint density at radius 2 is 0.955 bits per heavy atom. The number of aromatic hydroxyl groups is 1. The topological polar surface area (TPSA) is 527 Å². The first-order valence-corrected chi connectivity index (χ1v) is 28.1. The highest BCUT2D eigenvalue weighted by Gasteiger charge is 2.34. The molecule has 18 N–H and O–H groups in total. The van der Waals surface area contributed by atoms with E-state index in [1.165, 1.54) is 36.9 Å². The predicted octanol–water partition coefficient (Wildman–Crippen LogP) is -4.78. The summed E-state index contributed by atoms with van der Waals surface area (Å²) < 4.78 is 0. The average molecular weight is 1240 g/mol. The Balaban J connectivity index is 1.65. The number of aromatic nitrogens is 4. The number of carboxylic acids is 3. The fourth-order valence-electron chi connectivity index (χ4n) is 8.22. The van der Waals surface area contributed by atoms with Gasteiger partial charge in [-0.2, -0.15) is 0 Å². The second-order valence-corrected chi connectivity index (χ2v) is 20.1. The summed E-state index contributed by atoms with van der Waals surface area (Å²) in [7, 11) is 0. The summed E-state index contributed by atoms with van der Waals surface area (Å²) in [5.41, 5.74) is 7.73. The molecule has 482 valence electrons. The van der Waals surface area contributed by atoms with Gasteiger partial charge in [0.25, 0.3) is 0 Å². The quantitative estimate of drug-likeness (QED) is 0.0236. The number of rotatable bonds is 44. The normalized spacial score (nSPS) is 12.5. The van der Waals surface area contributed by atoms with Gasteiger partial charge in [-0.05, 0) is 63.1 Å². The number of aliphatic carboxylic acids is 3. The van der Waals surface area contributed by atoms with Crippen LogP contribution in [0.4, 0.5) is 0 Å². The molecule has 1 aromatic carbocycles. The molecule has 88 heavy (non-hydrogen) atoms. The van der Waals surface area contributed by atoms with Crippen LogP contribution in [0.3, 0.4) is 0 Å². The molecule has 11 amide bonds. The van der Waals surface area contributed by atoms with Gasteiger partial charge in [-0.1, -0.05) is 12.1 Å². The molecule has 34 nitrogen and oxygen atoms in total. The maximum atomic E-state index is 14.3. The maximum Gasteiger partial charge on any atom is 0.321 e. The van der Waals surface area contributed by atoms with Gasteiger partial charge in [-0.3, -0.25) is 72.0 Å². The summed E-state index contributed by atoms with van der Waals surface area (Å²) in [6.07, 6.45) is 5.95. The number of imidazole rings is 2. The zero-order valence-electron chi connectivity index (χ0n) is 48.5.